The van der Waals surface area contributed by atoms with Crippen LogP contribution in [0.2, 0.25) is 0 Å². The van der Waals surface area contributed by atoms with Crippen LogP contribution in [0.1, 0.15) is 12.6 Å². The van der Waals surface area contributed by atoms with Crippen LogP contribution in [-0.2, 0) is 24.0 Å². The largest absolute Gasteiger partial charge is 1.00 e. The van der Waals surface area contributed by atoms with Crippen molar-refractivity contribution in [2.45, 2.75) is 17.9 Å². The van der Waals surface area contributed by atoms with Gasteiger partial charge in [0.2, 0.25) is 0 Å². The van der Waals surface area contributed by atoms with Crippen molar-refractivity contribution in [3.63, 3.8) is 0 Å². The first kappa shape index (κ1) is 12.4. The molecule has 1 aromatic carbocycles. The molecule has 0 saturated carbocycles. The number of hydrogen-bond acceptors (Lipinski definition) is 2. The molecule has 1 heterocycles. The summed E-state index contributed by atoms with van der Waals surface area (Å²) in [5, 5.41) is 3.23. The van der Waals surface area contributed by atoms with Gasteiger partial charge in [-0.1, -0.05) is 12.1 Å². The van der Waals surface area contributed by atoms with E-state index in [9.17, 15) is 4.21 Å². The first-order valence-corrected chi connectivity index (χ1v) is 5.32. The molecule has 1 aliphatic heterocycles. The van der Waals surface area contributed by atoms with Crippen molar-refractivity contribution in [3.05, 3.63) is 29.3 Å². The first-order chi connectivity index (χ1) is 6.29. The molecule has 0 aliphatic carbocycles. The Balaban J connectivity index is 0.000000980. The maximum atomic E-state index is 11.0. The molecule has 72 valence electrons. The zero-order chi connectivity index (χ0) is 9.26. The Kier molecular flexibility index (Phi) is 4.76. The maximum absolute atomic E-state index is 11.0. The fourth-order valence-electron chi connectivity index (χ4n) is 1.66. The fourth-order valence-corrected chi connectivity index (χ4v) is 2.30. The standard InChI is InChI=1S/C9H11NO2S.Na.H/c11-13(12)9-3-1-2-7-6-10-5-4-8(7)9;;/h1-3,10H,4-6H2,(H,11,12);;/q;+1;-1. The van der Waals surface area contributed by atoms with E-state index in [0.717, 1.165) is 30.6 Å². The van der Waals surface area contributed by atoms with Crippen molar-refractivity contribution in [2.24, 2.45) is 0 Å². The zero-order valence-corrected chi connectivity index (χ0v) is 10.9. The third-order valence-electron chi connectivity index (χ3n) is 2.29. The Hall–Kier alpha value is 0.290. The van der Waals surface area contributed by atoms with Crippen molar-refractivity contribution in [1.82, 2.24) is 5.32 Å². The van der Waals surface area contributed by atoms with E-state index >= 15 is 0 Å². The first-order valence-electron chi connectivity index (χ1n) is 4.21. The molecule has 0 fully saturated rings. The van der Waals surface area contributed by atoms with E-state index in [1.165, 1.54) is 0 Å². The average Bonchev–Trinajstić information content (AvgIpc) is 2.17. The minimum atomic E-state index is -1.85. The smallest absolute Gasteiger partial charge is 1.00 e. The van der Waals surface area contributed by atoms with Gasteiger partial charge in [-0.3, -0.25) is 0 Å². The summed E-state index contributed by atoms with van der Waals surface area (Å²) in [6.07, 6.45) is 0.845. The second-order valence-electron chi connectivity index (χ2n) is 3.07. The van der Waals surface area contributed by atoms with Crippen molar-refractivity contribution in [1.29, 1.82) is 0 Å². The molecule has 0 bridgehead atoms. The van der Waals surface area contributed by atoms with Crippen molar-refractivity contribution in [2.75, 3.05) is 6.54 Å². The Morgan fingerprint density at radius 1 is 1.50 bits per heavy atom. The summed E-state index contributed by atoms with van der Waals surface area (Å²) in [4.78, 5) is 0.569. The molecule has 0 radical (unpaired) electrons. The van der Waals surface area contributed by atoms with E-state index in [2.05, 4.69) is 5.32 Å². The summed E-state index contributed by atoms with van der Waals surface area (Å²) in [6, 6.07) is 5.55. The zero-order valence-electron chi connectivity index (χ0n) is 9.12. The van der Waals surface area contributed by atoms with E-state index < -0.39 is 11.1 Å². The van der Waals surface area contributed by atoms with Gasteiger partial charge in [0.15, 0.2) is 11.1 Å². The minimum Gasteiger partial charge on any atom is -1.00 e. The maximum Gasteiger partial charge on any atom is 1.00 e. The van der Waals surface area contributed by atoms with Gasteiger partial charge in [-0.2, -0.15) is 0 Å². The second kappa shape index (κ2) is 5.39. The molecule has 2 N–H and O–H groups in total. The molecule has 2 rings (SSSR count). The van der Waals surface area contributed by atoms with E-state index in [0.29, 0.717) is 4.90 Å². The minimum absolute atomic E-state index is 0. The predicted molar refractivity (Wildman–Crippen MR) is 52.0 cm³/mol. The van der Waals surface area contributed by atoms with Gasteiger partial charge in [-0.15, -0.1) is 0 Å². The van der Waals surface area contributed by atoms with Gasteiger partial charge in [0.05, 0.1) is 4.90 Å². The summed E-state index contributed by atoms with van der Waals surface area (Å²) in [5.74, 6) is 0. The van der Waals surface area contributed by atoms with E-state index in [1.807, 2.05) is 12.1 Å². The van der Waals surface area contributed by atoms with Crippen LogP contribution in [0.15, 0.2) is 23.1 Å². The van der Waals surface area contributed by atoms with E-state index in [1.54, 1.807) is 6.07 Å². The van der Waals surface area contributed by atoms with E-state index in [-0.39, 0.29) is 31.0 Å². The summed E-state index contributed by atoms with van der Waals surface area (Å²) in [7, 11) is 0. The molecule has 1 aliphatic rings. The summed E-state index contributed by atoms with van der Waals surface area (Å²) in [6.45, 7) is 1.70. The Morgan fingerprint density at radius 2 is 2.29 bits per heavy atom. The Labute approximate surface area is 109 Å². The molecule has 1 atom stereocenters. The molecule has 14 heavy (non-hydrogen) atoms. The van der Waals surface area contributed by atoms with Crippen LogP contribution in [-0.4, -0.2) is 15.3 Å². The molecule has 0 amide bonds. The molecule has 5 heteroatoms. The molecule has 1 aromatic rings. The fraction of sp³-hybridized carbons (Fsp3) is 0.333. The van der Waals surface area contributed by atoms with Crippen LogP contribution in [0.3, 0.4) is 0 Å². The average molecular weight is 221 g/mol. The normalized spacial score (nSPS) is 16.6. The van der Waals surface area contributed by atoms with Crippen molar-refractivity contribution >= 4 is 11.1 Å². The molecular formula is C9H12NNaO2S. The van der Waals surface area contributed by atoms with Crippen LogP contribution < -0.4 is 34.9 Å². The van der Waals surface area contributed by atoms with Gasteiger partial charge >= 0.3 is 29.6 Å². The number of hydrogen-bond donors (Lipinski definition) is 2. The molecule has 1 unspecified atom stereocenters. The quantitative estimate of drug-likeness (QED) is 0.427. The summed E-state index contributed by atoms with van der Waals surface area (Å²) in [5.41, 5.74) is 2.19. The number of nitrogens with one attached hydrogen (secondary N) is 1. The second-order valence-corrected chi connectivity index (χ2v) is 4.01. The van der Waals surface area contributed by atoms with Crippen molar-refractivity contribution in [3.8, 4) is 0 Å². The number of rotatable bonds is 1. The third-order valence-corrected chi connectivity index (χ3v) is 3.04. The molecule has 0 spiro atoms. The molecule has 3 nitrogen and oxygen atoms in total. The number of benzene rings is 1. The summed E-state index contributed by atoms with van der Waals surface area (Å²) >= 11 is -1.85. The van der Waals surface area contributed by atoms with Gasteiger partial charge in [0, 0.05) is 6.54 Å². The Bertz CT molecular complexity index is 362. The predicted octanol–water partition coefficient (Wildman–Crippen LogP) is -1.97. The van der Waals surface area contributed by atoms with E-state index in [4.69, 9.17) is 4.55 Å². The SMILES string of the molecule is O=S(O)c1cccc2c1CCNC2.[H-].[Na+]. The topological polar surface area (TPSA) is 49.3 Å². The van der Waals surface area contributed by atoms with Gasteiger partial charge in [0.1, 0.15) is 0 Å². The van der Waals surface area contributed by atoms with Gasteiger partial charge in [-0.05, 0) is 30.2 Å². The van der Waals surface area contributed by atoms with Crippen LogP contribution in [0.5, 0.6) is 0 Å². The monoisotopic (exact) mass is 221 g/mol. The molecule has 0 aromatic heterocycles. The van der Waals surface area contributed by atoms with Crippen LogP contribution >= 0.6 is 0 Å². The summed E-state index contributed by atoms with van der Waals surface area (Å²) < 4.78 is 20.0. The molecular weight excluding hydrogens is 209 g/mol. The van der Waals surface area contributed by atoms with Gasteiger partial charge < -0.3 is 11.3 Å². The Morgan fingerprint density at radius 3 is 3.00 bits per heavy atom. The number of fused-ring (bicyclic) bond motifs is 1. The van der Waals surface area contributed by atoms with Gasteiger partial charge in [0.25, 0.3) is 0 Å². The van der Waals surface area contributed by atoms with Crippen LogP contribution in [0.25, 0.3) is 0 Å². The van der Waals surface area contributed by atoms with Crippen LogP contribution in [0, 0.1) is 0 Å². The molecule has 0 saturated heterocycles. The third kappa shape index (κ3) is 2.45. The van der Waals surface area contributed by atoms with Crippen LogP contribution in [0.4, 0.5) is 0 Å². The van der Waals surface area contributed by atoms with Crippen molar-refractivity contribution < 1.29 is 39.7 Å². The van der Waals surface area contributed by atoms with Gasteiger partial charge in [-0.25, -0.2) is 4.21 Å².